The van der Waals surface area contributed by atoms with E-state index in [1.807, 2.05) is 22.4 Å². The van der Waals surface area contributed by atoms with Crippen molar-refractivity contribution in [3.63, 3.8) is 0 Å². The van der Waals surface area contributed by atoms with Gasteiger partial charge in [0, 0.05) is 12.6 Å². The Labute approximate surface area is 87.9 Å². The Morgan fingerprint density at radius 1 is 1.71 bits per heavy atom. The van der Waals surface area contributed by atoms with Crippen LogP contribution < -0.4 is 0 Å². The van der Waals surface area contributed by atoms with Crippen molar-refractivity contribution < 1.29 is 4.79 Å². The lowest BCUT2D eigenvalue weighted by molar-refractivity contribution is 0.0767. The van der Waals surface area contributed by atoms with E-state index in [1.165, 1.54) is 11.3 Å². The van der Waals surface area contributed by atoms with Crippen molar-refractivity contribution in [2.75, 3.05) is 6.54 Å². The maximum absolute atomic E-state index is 12.0. The van der Waals surface area contributed by atoms with Gasteiger partial charge in [0.05, 0.1) is 4.88 Å². The number of nitrogens with zero attached hydrogens (tertiary/aromatic N) is 1. The molecule has 1 fully saturated rings. The molecular formula is C11H13NOS. The molecule has 0 N–H and O–H groups in total. The van der Waals surface area contributed by atoms with Gasteiger partial charge in [-0.15, -0.1) is 17.9 Å². The fraction of sp³-hybridized carbons (Fsp3) is 0.364. The Kier molecular flexibility index (Phi) is 2.68. The molecule has 1 aromatic heterocycles. The van der Waals surface area contributed by atoms with Crippen molar-refractivity contribution in [2.24, 2.45) is 0 Å². The van der Waals surface area contributed by atoms with Gasteiger partial charge in [-0.1, -0.05) is 12.1 Å². The second-order valence-electron chi connectivity index (χ2n) is 3.45. The third-order valence-electron chi connectivity index (χ3n) is 2.31. The fourth-order valence-corrected chi connectivity index (χ4v) is 2.14. The maximum Gasteiger partial charge on any atom is 0.264 e. The first-order valence-electron chi connectivity index (χ1n) is 4.78. The van der Waals surface area contributed by atoms with Crippen LogP contribution in [0.4, 0.5) is 0 Å². The highest BCUT2D eigenvalue weighted by Gasteiger charge is 2.32. The van der Waals surface area contributed by atoms with Crippen LogP contribution in [0.5, 0.6) is 0 Å². The van der Waals surface area contributed by atoms with Crippen LogP contribution in [0.1, 0.15) is 22.5 Å². The molecule has 1 saturated carbocycles. The normalized spacial score (nSPS) is 15.1. The second-order valence-corrected chi connectivity index (χ2v) is 4.40. The van der Waals surface area contributed by atoms with Crippen LogP contribution in [0.3, 0.4) is 0 Å². The molecule has 0 aromatic carbocycles. The molecule has 1 heterocycles. The van der Waals surface area contributed by atoms with Crippen LogP contribution in [0.15, 0.2) is 30.2 Å². The average Bonchev–Trinajstić information content (AvgIpc) is 2.88. The van der Waals surface area contributed by atoms with Gasteiger partial charge in [-0.25, -0.2) is 0 Å². The second kappa shape index (κ2) is 3.96. The number of carbonyl (C=O) groups is 1. The quantitative estimate of drug-likeness (QED) is 0.695. The molecule has 0 atom stereocenters. The minimum Gasteiger partial charge on any atom is -0.331 e. The van der Waals surface area contributed by atoms with Crippen molar-refractivity contribution in [2.45, 2.75) is 18.9 Å². The first kappa shape index (κ1) is 9.46. The molecule has 2 rings (SSSR count). The lowest BCUT2D eigenvalue weighted by atomic mass is 10.3. The standard InChI is InChI=1S/C11H13NOS/c1-2-7-12(9-5-6-9)11(13)10-4-3-8-14-10/h2-4,8-9H,1,5-7H2. The predicted octanol–water partition coefficient (Wildman–Crippen LogP) is 2.54. The van der Waals surface area contributed by atoms with Crippen molar-refractivity contribution >= 4 is 17.2 Å². The van der Waals surface area contributed by atoms with E-state index < -0.39 is 0 Å². The van der Waals surface area contributed by atoms with Crippen LogP contribution in [-0.4, -0.2) is 23.4 Å². The van der Waals surface area contributed by atoms with E-state index in [1.54, 1.807) is 6.08 Å². The molecule has 0 unspecified atom stereocenters. The third-order valence-corrected chi connectivity index (χ3v) is 3.16. The van der Waals surface area contributed by atoms with Crippen molar-refractivity contribution in [1.29, 1.82) is 0 Å². The zero-order chi connectivity index (χ0) is 9.97. The van der Waals surface area contributed by atoms with Crippen LogP contribution in [0.25, 0.3) is 0 Å². The summed E-state index contributed by atoms with van der Waals surface area (Å²) in [4.78, 5) is 14.7. The smallest absolute Gasteiger partial charge is 0.264 e. The first-order valence-corrected chi connectivity index (χ1v) is 5.66. The van der Waals surface area contributed by atoms with Gasteiger partial charge in [0.1, 0.15) is 0 Å². The van der Waals surface area contributed by atoms with Gasteiger partial charge in [-0.05, 0) is 24.3 Å². The number of hydrogen-bond acceptors (Lipinski definition) is 2. The van der Waals surface area contributed by atoms with Crippen molar-refractivity contribution in [3.05, 3.63) is 35.0 Å². The summed E-state index contributed by atoms with van der Waals surface area (Å²) in [6, 6.07) is 4.25. The largest absolute Gasteiger partial charge is 0.331 e. The summed E-state index contributed by atoms with van der Waals surface area (Å²) in [5.41, 5.74) is 0. The molecular weight excluding hydrogens is 194 g/mol. The average molecular weight is 207 g/mol. The summed E-state index contributed by atoms with van der Waals surface area (Å²) in [6.45, 7) is 4.35. The van der Waals surface area contributed by atoms with E-state index in [0.29, 0.717) is 12.6 Å². The summed E-state index contributed by atoms with van der Waals surface area (Å²) in [7, 11) is 0. The van der Waals surface area contributed by atoms with E-state index in [9.17, 15) is 4.79 Å². The highest BCUT2D eigenvalue weighted by molar-refractivity contribution is 7.12. The summed E-state index contributed by atoms with van der Waals surface area (Å²) in [5.74, 6) is 0.155. The molecule has 0 aliphatic heterocycles. The number of thiophene rings is 1. The Balaban J connectivity index is 2.10. The van der Waals surface area contributed by atoms with Gasteiger partial charge in [0.25, 0.3) is 5.91 Å². The molecule has 74 valence electrons. The lowest BCUT2D eigenvalue weighted by Gasteiger charge is -2.19. The Morgan fingerprint density at radius 3 is 3.00 bits per heavy atom. The van der Waals surface area contributed by atoms with Gasteiger partial charge in [0.2, 0.25) is 0 Å². The molecule has 1 aromatic rings. The highest BCUT2D eigenvalue weighted by atomic mass is 32.1. The van der Waals surface area contributed by atoms with Gasteiger partial charge >= 0.3 is 0 Å². The fourth-order valence-electron chi connectivity index (χ4n) is 1.46. The van der Waals surface area contributed by atoms with E-state index in [2.05, 4.69) is 6.58 Å². The lowest BCUT2D eigenvalue weighted by Crippen LogP contribution is -2.32. The van der Waals surface area contributed by atoms with Crippen LogP contribution in [0, 0.1) is 0 Å². The summed E-state index contributed by atoms with van der Waals surface area (Å²) in [6.07, 6.45) is 4.08. The number of amides is 1. The molecule has 0 saturated heterocycles. The van der Waals surface area contributed by atoms with Crippen LogP contribution >= 0.6 is 11.3 Å². The van der Waals surface area contributed by atoms with Crippen LogP contribution in [-0.2, 0) is 0 Å². The van der Waals surface area contributed by atoms with Gasteiger partial charge in [-0.3, -0.25) is 4.79 Å². The molecule has 1 aliphatic rings. The number of rotatable bonds is 4. The summed E-state index contributed by atoms with van der Waals surface area (Å²) in [5, 5.41) is 1.94. The SMILES string of the molecule is C=CCN(C(=O)c1cccs1)C1CC1. The molecule has 0 bridgehead atoms. The minimum atomic E-state index is 0.155. The van der Waals surface area contributed by atoms with Crippen molar-refractivity contribution in [3.8, 4) is 0 Å². The zero-order valence-electron chi connectivity index (χ0n) is 7.98. The number of hydrogen-bond donors (Lipinski definition) is 0. The number of carbonyl (C=O) groups excluding carboxylic acids is 1. The van der Waals surface area contributed by atoms with E-state index in [4.69, 9.17) is 0 Å². The predicted molar refractivity (Wildman–Crippen MR) is 58.6 cm³/mol. The van der Waals surface area contributed by atoms with Gasteiger partial charge in [0.15, 0.2) is 0 Å². The summed E-state index contributed by atoms with van der Waals surface area (Å²) < 4.78 is 0. The Bertz CT molecular complexity index is 327. The van der Waals surface area contributed by atoms with Gasteiger partial charge in [-0.2, -0.15) is 0 Å². The first-order chi connectivity index (χ1) is 6.83. The van der Waals surface area contributed by atoms with E-state index >= 15 is 0 Å². The molecule has 3 heteroatoms. The van der Waals surface area contributed by atoms with E-state index in [-0.39, 0.29) is 5.91 Å². The Hall–Kier alpha value is -1.09. The summed E-state index contributed by atoms with van der Waals surface area (Å²) >= 11 is 1.50. The molecule has 14 heavy (non-hydrogen) atoms. The van der Waals surface area contributed by atoms with Crippen LogP contribution in [0.2, 0.25) is 0 Å². The minimum absolute atomic E-state index is 0.155. The third kappa shape index (κ3) is 1.87. The van der Waals surface area contributed by atoms with Gasteiger partial charge < -0.3 is 4.90 Å². The zero-order valence-corrected chi connectivity index (χ0v) is 8.80. The molecule has 0 spiro atoms. The van der Waals surface area contributed by atoms with Crippen molar-refractivity contribution in [1.82, 2.24) is 4.90 Å². The highest BCUT2D eigenvalue weighted by Crippen LogP contribution is 2.28. The molecule has 0 radical (unpaired) electrons. The topological polar surface area (TPSA) is 20.3 Å². The molecule has 2 nitrogen and oxygen atoms in total. The Morgan fingerprint density at radius 2 is 2.50 bits per heavy atom. The molecule has 1 amide bonds. The maximum atomic E-state index is 12.0. The monoisotopic (exact) mass is 207 g/mol. The molecule has 1 aliphatic carbocycles. The van der Waals surface area contributed by atoms with E-state index in [0.717, 1.165) is 17.7 Å².